The minimum absolute atomic E-state index is 0.0568. The van der Waals surface area contributed by atoms with Crippen LogP contribution in [0.2, 0.25) is 0 Å². The number of halogens is 1. The van der Waals surface area contributed by atoms with Gasteiger partial charge in [0.15, 0.2) is 5.69 Å². The number of amides is 1. The van der Waals surface area contributed by atoms with Crippen LogP contribution in [0.3, 0.4) is 0 Å². The molecule has 0 spiro atoms. The summed E-state index contributed by atoms with van der Waals surface area (Å²) in [5, 5.41) is 4.35. The quantitative estimate of drug-likeness (QED) is 0.831. The van der Waals surface area contributed by atoms with Gasteiger partial charge in [0.2, 0.25) is 0 Å². The second-order valence-corrected chi connectivity index (χ2v) is 6.98. The smallest absolute Gasteiger partial charge is 0.275 e. The zero-order valence-electron chi connectivity index (χ0n) is 14.7. The van der Waals surface area contributed by atoms with Crippen LogP contribution in [0, 0.1) is 0 Å². The predicted molar refractivity (Wildman–Crippen MR) is 90.3 cm³/mol. The molecule has 3 heterocycles. The normalized spacial score (nSPS) is 22.3. The summed E-state index contributed by atoms with van der Waals surface area (Å²) in [7, 11) is 6.03. The Labute approximate surface area is 142 Å². The lowest BCUT2D eigenvalue weighted by Crippen LogP contribution is -2.36. The van der Waals surface area contributed by atoms with Crippen molar-refractivity contribution >= 4 is 5.91 Å². The molecule has 24 heavy (non-hydrogen) atoms. The lowest BCUT2D eigenvalue weighted by molar-refractivity contribution is 0.0746. The average Bonchev–Trinajstić information content (AvgIpc) is 3.14. The van der Waals surface area contributed by atoms with Crippen LogP contribution in [0.4, 0.5) is 4.39 Å². The van der Waals surface area contributed by atoms with Crippen molar-refractivity contribution in [3.8, 4) is 0 Å². The molecule has 1 saturated heterocycles. The Morgan fingerprint density at radius 2 is 2.21 bits per heavy atom. The number of hydrogen-bond donors (Lipinski definition) is 0. The van der Waals surface area contributed by atoms with E-state index in [0.29, 0.717) is 31.2 Å². The average molecular weight is 335 g/mol. The van der Waals surface area contributed by atoms with Gasteiger partial charge in [-0.1, -0.05) is 0 Å². The predicted octanol–water partition coefficient (Wildman–Crippen LogP) is 1.26. The second-order valence-electron chi connectivity index (χ2n) is 6.98. The van der Waals surface area contributed by atoms with Gasteiger partial charge in [0.05, 0.1) is 6.54 Å². The number of hydrogen-bond acceptors (Lipinski definition) is 4. The molecule has 6 nitrogen and oxygen atoms in total. The van der Waals surface area contributed by atoms with Gasteiger partial charge in [0.1, 0.15) is 5.83 Å². The van der Waals surface area contributed by atoms with E-state index in [1.165, 1.54) is 0 Å². The van der Waals surface area contributed by atoms with Crippen molar-refractivity contribution in [3.05, 3.63) is 29.4 Å². The molecule has 1 amide bonds. The molecule has 0 saturated carbocycles. The summed E-state index contributed by atoms with van der Waals surface area (Å²) in [6.07, 6.45) is 5.16. The summed E-state index contributed by atoms with van der Waals surface area (Å²) in [6, 6.07) is 0.558. The Balaban J connectivity index is 1.71. The van der Waals surface area contributed by atoms with E-state index in [0.717, 1.165) is 25.1 Å². The van der Waals surface area contributed by atoms with E-state index < -0.39 is 0 Å². The molecule has 0 aromatic carbocycles. The number of likely N-dealkylation sites (N-methyl/N-ethyl adjacent to an activating group) is 1. The maximum Gasteiger partial charge on any atom is 0.275 e. The van der Waals surface area contributed by atoms with Crippen LogP contribution >= 0.6 is 0 Å². The topological polar surface area (TPSA) is 44.6 Å². The van der Waals surface area contributed by atoms with Gasteiger partial charge in [-0.25, -0.2) is 4.39 Å². The summed E-state index contributed by atoms with van der Waals surface area (Å²) in [5.74, 6) is -0.405. The molecular formula is C17H26FN5O. The van der Waals surface area contributed by atoms with Crippen LogP contribution in [-0.4, -0.2) is 76.7 Å². The highest BCUT2D eigenvalue weighted by Crippen LogP contribution is 2.20. The third-order valence-electron chi connectivity index (χ3n) is 4.87. The Kier molecular flexibility index (Phi) is 5.01. The van der Waals surface area contributed by atoms with Gasteiger partial charge in [-0.05, 0) is 33.0 Å². The van der Waals surface area contributed by atoms with Gasteiger partial charge >= 0.3 is 0 Å². The number of carbonyl (C=O) groups is 1. The van der Waals surface area contributed by atoms with Crippen molar-refractivity contribution in [2.75, 3.05) is 40.3 Å². The van der Waals surface area contributed by atoms with Crippen LogP contribution in [0.25, 0.3) is 0 Å². The lowest BCUT2D eigenvalue weighted by atomic mass is 10.1. The minimum Gasteiger partial charge on any atom is -0.330 e. The number of nitrogens with zero attached hydrogens (tertiary/aromatic N) is 5. The Hall–Kier alpha value is -1.73. The van der Waals surface area contributed by atoms with E-state index in [-0.39, 0.29) is 18.3 Å². The van der Waals surface area contributed by atoms with Crippen molar-refractivity contribution < 1.29 is 9.18 Å². The highest BCUT2D eigenvalue weighted by molar-refractivity contribution is 5.94. The molecule has 1 aromatic rings. The third-order valence-corrected chi connectivity index (χ3v) is 4.87. The number of aryl methyl sites for hydroxylation is 1. The van der Waals surface area contributed by atoms with Gasteiger partial charge in [-0.15, -0.1) is 0 Å². The Morgan fingerprint density at radius 3 is 2.88 bits per heavy atom. The summed E-state index contributed by atoms with van der Waals surface area (Å²) in [4.78, 5) is 18.9. The molecule has 1 unspecified atom stereocenters. The Bertz CT molecular complexity index is 639. The first-order valence-corrected chi connectivity index (χ1v) is 8.49. The molecule has 0 bridgehead atoms. The van der Waals surface area contributed by atoms with E-state index in [1.54, 1.807) is 15.7 Å². The highest BCUT2D eigenvalue weighted by atomic mass is 19.1. The fourth-order valence-electron chi connectivity index (χ4n) is 3.48. The first-order valence-electron chi connectivity index (χ1n) is 8.49. The molecular weight excluding hydrogens is 309 g/mol. The summed E-state index contributed by atoms with van der Waals surface area (Å²) < 4.78 is 15.2. The summed E-state index contributed by atoms with van der Waals surface area (Å²) >= 11 is 0. The third kappa shape index (κ3) is 3.67. The van der Waals surface area contributed by atoms with Crippen molar-refractivity contribution in [1.82, 2.24) is 24.5 Å². The standard InChI is InChI=1S/C17H26FN5O/c1-20(2)15-6-8-22(12-15)10-13-9-21(3)19-16(13)17(24)23-7-4-5-14(18)11-23/h5,9,15H,4,6-8,10-12H2,1-3H3. The lowest BCUT2D eigenvalue weighted by Gasteiger charge is -2.24. The van der Waals surface area contributed by atoms with Gasteiger partial charge in [-0.2, -0.15) is 5.10 Å². The van der Waals surface area contributed by atoms with E-state index in [9.17, 15) is 9.18 Å². The monoisotopic (exact) mass is 335 g/mol. The van der Waals surface area contributed by atoms with Crippen molar-refractivity contribution in [2.24, 2.45) is 7.05 Å². The number of rotatable bonds is 4. The first kappa shape index (κ1) is 17.1. The van der Waals surface area contributed by atoms with E-state index >= 15 is 0 Å². The molecule has 0 aliphatic carbocycles. The molecule has 1 fully saturated rings. The summed E-state index contributed by atoms with van der Waals surface area (Å²) in [6.45, 7) is 3.34. The molecule has 1 atom stereocenters. The highest BCUT2D eigenvalue weighted by Gasteiger charge is 2.28. The molecule has 132 valence electrons. The van der Waals surface area contributed by atoms with Crippen LogP contribution < -0.4 is 0 Å². The number of aromatic nitrogens is 2. The van der Waals surface area contributed by atoms with Crippen LogP contribution in [0.15, 0.2) is 18.1 Å². The van der Waals surface area contributed by atoms with Crippen LogP contribution in [-0.2, 0) is 13.6 Å². The van der Waals surface area contributed by atoms with Gasteiger partial charge in [0, 0.05) is 51.0 Å². The van der Waals surface area contributed by atoms with Crippen LogP contribution in [0.1, 0.15) is 28.9 Å². The van der Waals surface area contributed by atoms with E-state index in [4.69, 9.17) is 0 Å². The maximum atomic E-state index is 13.5. The zero-order chi connectivity index (χ0) is 17.3. The van der Waals surface area contributed by atoms with Gasteiger partial charge < -0.3 is 9.80 Å². The minimum atomic E-state index is -0.236. The fourth-order valence-corrected chi connectivity index (χ4v) is 3.48. The fraction of sp³-hybridized carbons (Fsp3) is 0.647. The molecule has 7 heteroatoms. The van der Waals surface area contributed by atoms with Crippen molar-refractivity contribution in [3.63, 3.8) is 0 Å². The molecule has 0 N–H and O–H groups in total. The molecule has 3 rings (SSSR count). The molecule has 2 aliphatic rings. The van der Waals surface area contributed by atoms with E-state index in [1.807, 2.05) is 13.2 Å². The van der Waals surface area contributed by atoms with Crippen molar-refractivity contribution in [1.29, 1.82) is 0 Å². The SMILES string of the molecule is CN(C)C1CCN(Cc2cn(C)nc2C(=O)N2CCC=C(F)C2)C1. The van der Waals surface area contributed by atoms with Gasteiger partial charge in [-0.3, -0.25) is 14.4 Å². The molecule has 0 radical (unpaired) electrons. The zero-order valence-corrected chi connectivity index (χ0v) is 14.7. The Morgan fingerprint density at radius 1 is 1.42 bits per heavy atom. The van der Waals surface area contributed by atoms with Crippen molar-refractivity contribution in [2.45, 2.75) is 25.4 Å². The van der Waals surface area contributed by atoms with Crippen LogP contribution in [0.5, 0.6) is 0 Å². The molecule has 1 aromatic heterocycles. The largest absolute Gasteiger partial charge is 0.330 e. The summed E-state index contributed by atoms with van der Waals surface area (Å²) in [5.41, 5.74) is 1.39. The maximum absolute atomic E-state index is 13.5. The van der Waals surface area contributed by atoms with E-state index in [2.05, 4.69) is 29.0 Å². The molecule has 2 aliphatic heterocycles. The number of carbonyl (C=O) groups excluding carboxylic acids is 1. The first-order chi connectivity index (χ1) is 11.4. The van der Waals surface area contributed by atoms with Gasteiger partial charge in [0.25, 0.3) is 5.91 Å². The number of likely N-dealkylation sites (tertiary alicyclic amines) is 1. The second kappa shape index (κ2) is 7.03.